The molecule has 0 bridgehead atoms. The van der Waals surface area contributed by atoms with Gasteiger partial charge >= 0.3 is 6.09 Å². The molecule has 0 aromatic heterocycles. The van der Waals surface area contributed by atoms with E-state index in [1.165, 1.54) is 21.2 Å². The fraction of sp³-hybridized carbons (Fsp3) is 0.312. The topological polar surface area (TPSA) is 40.5 Å². The molecule has 19 heavy (non-hydrogen) atoms. The van der Waals surface area contributed by atoms with Gasteiger partial charge in [-0.05, 0) is 35.1 Å². The second-order valence-electron chi connectivity index (χ2n) is 5.11. The Hall–Kier alpha value is -2.03. The quantitative estimate of drug-likeness (QED) is 0.844. The third-order valence-corrected chi connectivity index (χ3v) is 4.03. The van der Waals surface area contributed by atoms with E-state index < -0.39 is 6.09 Å². The van der Waals surface area contributed by atoms with Crippen molar-refractivity contribution in [3.8, 4) is 0 Å². The fourth-order valence-corrected chi connectivity index (χ4v) is 2.99. The number of hydrogen-bond acceptors (Lipinski definition) is 1. The minimum atomic E-state index is -0.795. The summed E-state index contributed by atoms with van der Waals surface area (Å²) in [7, 11) is 0. The molecule has 0 atom stereocenters. The minimum Gasteiger partial charge on any atom is -0.465 e. The summed E-state index contributed by atoms with van der Waals surface area (Å²) in [5.41, 5.74) is 1.36. The largest absolute Gasteiger partial charge is 0.465 e. The summed E-state index contributed by atoms with van der Waals surface area (Å²) in [5, 5.41) is 11.6. The highest BCUT2D eigenvalue weighted by molar-refractivity contribution is 5.86. The zero-order valence-corrected chi connectivity index (χ0v) is 10.7. The van der Waals surface area contributed by atoms with Crippen LogP contribution in [-0.2, 0) is 0 Å². The number of likely N-dealkylation sites (tertiary alicyclic amines) is 1. The number of hydrogen-bond donors (Lipinski definition) is 1. The minimum absolute atomic E-state index is 0.474. The molecule has 1 heterocycles. The van der Waals surface area contributed by atoms with E-state index >= 15 is 0 Å². The maximum Gasteiger partial charge on any atom is 0.407 e. The van der Waals surface area contributed by atoms with Gasteiger partial charge in [0.15, 0.2) is 0 Å². The molecular formula is C16H17NO2. The predicted molar refractivity (Wildman–Crippen MR) is 75.5 cm³/mol. The Balaban J connectivity index is 1.88. The molecule has 1 N–H and O–H groups in total. The van der Waals surface area contributed by atoms with E-state index in [1.54, 1.807) is 0 Å². The van der Waals surface area contributed by atoms with E-state index in [0.717, 1.165) is 12.8 Å². The highest BCUT2D eigenvalue weighted by Crippen LogP contribution is 2.32. The van der Waals surface area contributed by atoms with E-state index in [0.29, 0.717) is 19.0 Å². The second-order valence-corrected chi connectivity index (χ2v) is 5.11. The van der Waals surface area contributed by atoms with Crippen LogP contribution in [0.25, 0.3) is 10.8 Å². The average Bonchev–Trinajstić information content (AvgIpc) is 2.47. The van der Waals surface area contributed by atoms with Gasteiger partial charge in [-0.1, -0.05) is 42.5 Å². The Morgan fingerprint density at radius 2 is 1.74 bits per heavy atom. The summed E-state index contributed by atoms with van der Waals surface area (Å²) < 4.78 is 0. The van der Waals surface area contributed by atoms with Gasteiger partial charge in [-0.15, -0.1) is 0 Å². The van der Waals surface area contributed by atoms with Crippen LogP contribution in [0.5, 0.6) is 0 Å². The summed E-state index contributed by atoms with van der Waals surface area (Å²) >= 11 is 0. The van der Waals surface area contributed by atoms with Crippen molar-refractivity contribution < 1.29 is 9.90 Å². The van der Waals surface area contributed by atoms with E-state index in [4.69, 9.17) is 5.11 Å². The lowest BCUT2D eigenvalue weighted by molar-refractivity contribution is 0.132. The number of amides is 1. The Morgan fingerprint density at radius 1 is 1.05 bits per heavy atom. The van der Waals surface area contributed by atoms with Crippen molar-refractivity contribution in [2.45, 2.75) is 18.8 Å². The van der Waals surface area contributed by atoms with Crippen LogP contribution in [0.1, 0.15) is 24.3 Å². The molecule has 0 unspecified atom stereocenters. The van der Waals surface area contributed by atoms with Crippen LogP contribution in [0.2, 0.25) is 0 Å². The lowest BCUT2D eigenvalue weighted by atomic mass is 9.86. The number of carboxylic acid groups (broad SMARTS) is 1. The van der Waals surface area contributed by atoms with Gasteiger partial charge in [0.1, 0.15) is 0 Å². The van der Waals surface area contributed by atoms with E-state index in [-0.39, 0.29) is 0 Å². The van der Waals surface area contributed by atoms with Crippen molar-refractivity contribution >= 4 is 16.9 Å². The molecule has 3 heteroatoms. The Bertz CT molecular complexity index is 595. The number of fused-ring (bicyclic) bond motifs is 1. The standard InChI is InChI=1S/C16H17NO2/c18-16(19)17-10-8-13(9-11-17)15-7-3-5-12-4-1-2-6-14(12)15/h1-7,13H,8-11H2,(H,18,19). The first-order valence-corrected chi connectivity index (χ1v) is 6.71. The third-order valence-electron chi connectivity index (χ3n) is 4.03. The molecule has 1 aliphatic rings. The summed E-state index contributed by atoms with van der Waals surface area (Å²) in [4.78, 5) is 12.5. The Labute approximate surface area is 112 Å². The van der Waals surface area contributed by atoms with Crippen LogP contribution >= 0.6 is 0 Å². The third kappa shape index (κ3) is 2.28. The molecule has 0 spiro atoms. The predicted octanol–water partition coefficient (Wildman–Crippen LogP) is 3.70. The Morgan fingerprint density at radius 3 is 2.47 bits per heavy atom. The lowest BCUT2D eigenvalue weighted by Crippen LogP contribution is -2.36. The van der Waals surface area contributed by atoms with Crippen molar-refractivity contribution in [1.82, 2.24) is 4.90 Å². The monoisotopic (exact) mass is 255 g/mol. The van der Waals surface area contributed by atoms with Gasteiger partial charge in [-0.25, -0.2) is 4.79 Å². The normalized spacial score (nSPS) is 16.7. The van der Waals surface area contributed by atoms with Crippen LogP contribution < -0.4 is 0 Å². The van der Waals surface area contributed by atoms with Crippen molar-refractivity contribution in [1.29, 1.82) is 0 Å². The van der Waals surface area contributed by atoms with E-state index in [1.807, 2.05) is 0 Å². The molecule has 0 aliphatic carbocycles. The molecular weight excluding hydrogens is 238 g/mol. The smallest absolute Gasteiger partial charge is 0.407 e. The van der Waals surface area contributed by atoms with Gasteiger partial charge in [-0.2, -0.15) is 0 Å². The first-order chi connectivity index (χ1) is 9.25. The fourth-order valence-electron chi connectivity index (χ4n) is 2.99. The van der Waals surface area contributed by atoms with E-state index in [9.17, 15) is 4.79 Å². The summed E-state index contributed by atoms with van der Waals surface area (Å²) in [6.45, 7) is 1.28. The SMILES string of the molecule is O=C(O)N1CCC(c2cccc3ccccc23)CC1. The van der Waals surface area contributed by atoms with Gasteiger partial charge in [0.05, 0.1) is 0 Å². The van der Waals surface area contributed by atoms with Gasteiger partial charge in [0.2, 0.25) is 0 Å². The number of benzene rings is 2. The molecule has 3 nitrogen and oxygen atoms in total. The number of rotatable bonds is 1. The molecule has 1 fully saturated rings. The highest BCUT2D eigenvalue weighted by atomic mass is 16.4. The molecule has 98 valence electrons. The van der Waals surface area contributed by atoms with Crippen LogP contribution in [0.3, 0.4) is 0 Å². The zero-order chi connectivity index (χ0) is 13.2. The maximum absolute atomic E-state index is 10.9. The molecule has 1 amide bonds. The maximum atomic E-state index is 10.9. The first-order valence-electron chi connectivity index (χ1n) is 6.71. The van der Waals surface area contributed by atoms with E-state index in [2.05, 4.69) is 42.5 Å². The van der Waals surface area contributed by atoms with Crippen molar-refractivity contribution in [3.63, 3.8) is 0 Å². The molecule has 0 radical (unpaired) electrons. The summed E-state index contributed by atoms with van der Waals surface area (Å²) in [5.74, 6) is 0.474. The molecule has 3 rings (SSSR count). The second kappa shape index (κ2) is 4.92. The van der Waals surface area contributed by atoms with Crippen molar-refractivity contribution in [2.75, 3.05) is 13.1 Å². The molecule has 0 saturated carbocycles. The Kier molecular flexibility index (Phi) is 3.11. The van der Waals surface area contributed by atoms with Crippen LogP contribution in [0.15, 0.2) is 42.5 Å². The van der Waals surface area contributed by atoms with Gasteiger partial charge in [-0.3, -0.25) is 0 Å². The number of carbonyl (C=O) groups is 1. The molecule has 1 aliphatic heterocycles. The molecule has 1 saturated heterocycles. The van der Waals surface area contributed by atoms with Gasteiger partial charge < -0.3 is 10.0 Å². The lowest BCUT2D eigenvalue weighted by Gasteiger charge is -2.30. The van der Waals surface area contributed by atoms with Crippen LogP contribution in [-0.4, -0.2) is 29.2 Å². The zero-order valence-electron chi connectivity index (χ0n) is 10.7. The highest BCUT2D eigenvalue weighted by Gasteiger charge is 2.24. The van der Waals surface area contributed by atoms with Crippen molar-refractivity contribution in [3.05, 3.63) is 48.0 Å². The van der Waals surface area contributed by atoms with Crippen LogP contribution in [0, 0.1) is 0 Å². The van der Waals surface area contributed by atoms with Gasteiger partial charge in [0.25, 0.3) is 0 Å². The number of nitrogens with zero attached hydrogens (tertiary/aromatic N) is 1. The number of piperidine rings is 1. The average molecular weight is 255 g/mol. The molecule has 2 aromatic carbocycles. The first kappa shape index (κ1) is 12.0. The van der Waals surface area contributed by atoms with Crippen LogP contribution in [0.4, 0.5) is 4.79 Å². The van der Waals surface area contributed by atoms with Gasteiger partial charge in [0, 0.05) is 13.1 Å². The molecule has 2 aromatic rings. The van der Waals surface area contributed by atoms with Crippen molar-refractivity contribution in [2.24, 2.45) is 0 Å². The summed E-state index contributed by atoms with van der Waals surface area (Å²) in [6, 6.07) is 14.8. The summed E-state index contributed by atoms with van der Waals surface area (Å²) in [6.07, 6.45) is 1.04.